The van der Waals surface area contributed by atoms with Crippen LogP contribution in [0, 0.1) is 5.92 Å². The average Bonchev–Trinajstić information content (AvgIpc) is 2.03. The molecule has 0 rings (SSSR count). The van der Waals surface area contributed by atoms with E-state index in [2.05, 4.69) is 48.5 Å². The van der Waals surface area contributed by atoms with Crippen LogP contribution in [-0.4, -0.2) is 0 Å². The van der Waals surface area contributed by atoms with Crippen LogP contribution in [0.3, 0.4) is 0 Å². The molecule has 0 saturated carbocycles. The highest BCUT2D eigenvalue weighted by atomic mass is 13.7. The fourth-order valence-electron chi connectivity index (χ4n) is 0. The van der Waals surface area contributed by atoms with Crippen LogP contribution in [0.15, 0.2) is 0 Å². The van der Waals surface area contributed by atoms with Crippen LogP contribution < -0.4 is 0 Å². The third kappa shape index (κ3) is 202. The topological polar surface area (TPSA) is 0 Å². The molecule has 0 radical (unpaired) electrons. The zero-order valence-electron chi connectivity index (χ0n) is 10.4. The van der Waals surface area contributed by atoms with Crippen LogP contribution in [-0.2, 0) is 0 Å². The summed E-state index contributed by atoms with van der Waals surface area (Å²) in [5.41, 5.74) is 0. The minimum Gasteiger partial charge on any atom is -0.0654 e. The van der Waals surface area contributed by atoms with Crippen molar-refractivity contribution in [1.82, 2.24) is 0 Å². The van der Waals surface area contributed by atoms with Gasteiger partial charge < -0.3 is 0 Å². The second-order valence-corrected chi connectivity index (χ2v) is 3.73. The molecule has 0 aliphatic rings. The molecule has 0 N–H and O–H groups in total. The highest BCUT2D eigenvalue weighted by Gasteiger charge is 1.68. The molecule has 0 saturated heterocycles. The normalized spacial score (nSPS) is 8.00. The molecule has 0 amide bonds. The molecule has 0 aromatic heterocycles. The van der Waals surface area contributed by atoms with Crippen LogP contribution in [0.2, 0.25) is 0 Å². The van der Waals surface area contributed by atoms with Crippen LogP contribution in [0.1, 0.15) is 74.1 Å². The zero-order valence-corrected chi connectivity index (χ0v) is 10.4. The Bertz CT molecular complexity index is 26.5. The Kier molecular flexibility index (Phi) is 33.5. The molecule has 0 fully saturated rings. The third-order valence-corrected chi connectivity index (χ3v) is 1.000. The molecular formula is C12H30. The summed E-state index contributed by atoms with van der Waals surface area (Å²) in [6.45, 7) is 15.2. The van der Waals surface area contributed by atoms with E-state index in [1.165, 1.54) is 25.7 Å². The highest BCUT2D eigenvalue weighted by Crippen LogP contribution is 1.81. The molecule has 0 aliphatic heterocycles. The second-order valence-electron chi connectivity index (χ2n) is 3.73. The van der Waals surface area contributed by atoms with Crippen molar-refractivity contribution < 1.29 is 0 Å². The van der Waals surface area contributed by atoms with Crippen LogP contribution in [0.4, 0.5) is 0 Å². The summed E-state index contributed by atoms with van der Waals surface area (Å²) in [5.74, 6) is 0.833. The van der Waals surface area contributed by atoms with E-state index in [0.29, 0.717) is 0 Å². The van der Waals surface area contributed by atoms with E-state index in [-0.39, 0.29) is 0 Å². The van der Waals surface area contributed by atoms with Gasteiger partial charge in [0.25, 0.3) is 0 Å². The molecule has 0 heterocycles. The summed E-state index contributed by atoms with van der Waals surface area (Å²) in [5, 5.41) is 0. The van der Waals surface area contributed by atoms with Gasteiger partial charge in [-0.05, 0) is 5.92 Å². The van der Waals surface area contributed by atoms with Gasteiger partial charge in [0, 0.05) is 0 Å². The Hall–Kier alpha value is 0. The minimum absolute atomic E-state index is 0.833. The lowest BCUT2D eigenvalue weighted by Crippen LogP contribution is -1.66. The zero-order chi connectivity index (χ0) is 10.4. The molecule has 0 aromatic rings. The monoisotopic (exact) mass is 174 g/mol. The summed E-state index contributed by atoms with van der Waals surface area (Å²) in [6.07, 6.45) is 5.28. The largest absolute Gasteiger partial charge is 0.0654 e. The first kappa shape index (κ1) is 17.9. The van der Waals surface area contributed by atoms with Crippen LogP contribution in [0.5, 0.6) is 0 Å². The SMILES string of the molecule is CC(C)C.CCCC.CCCC. The summed E-state index contributed by atoms with van der Waals surface area (Å²) in [6, 6.07) is 0. The van der Waals surface area contributed by atoms with E-state index in [1.54, 1.807) is 0 Å². The quantitative estimate of drug-likeness (QED) is 0.534. The van der Waals surface area contributed by atoms with Gasteiger partial charge >= 0.3 is 0 Å². The molecular weight excluding hydrogens is 144 g/mol. The second kappa shape index (κ2) is 22.4. The number of rotatable bonds is 2. The Morgan fingerprint density at radius 2 is 0.667 bits per heavy atom. The molecule has 0 bridgehead atoms. The molecule has 0 unspecified atom stereocenters. The average molecular weight is 174 g/mol. The maximum absolute atomic E-state index is 2.18. The van der Waals surface area contributed by atoms with Gasteiger partial charge in [-0.15, -0.1) is 0 Å². The Labute approximate surface area is 80.8 Å². The third-order valence-electron chi connectivity index (χ3n) is 1.000. The van der Waals surface area contributed by atoms with Crippen molar-refractivity contribution in [3.63, 3.8) is 0 Å². The van der Waals surface area contributed by atoms with Gasteiger partial charge in [-0.1, -0.05) is 74.1 Å². The molecule has 0 aliphatic carbocycles. The predicted octanol–water partition coefficient (Wildman–Crippen LogP) is 5.28. The first-order valence-corrected chi connectivity index (χ1v) is 5.56. The smallest absolute Gasteiger partial charge is 0.0500 e. The molecule has 0 atom stereocenters. The van der Waals surface area contributed by atoms with Gasteiger partial charge in [-0.2, -0.15) is 0 Å². The molecule has 12 heavy (non-hydrogen) atoms. The maximum Gasteiger partial charge on any atom is -0.0500 e. The van der Waals surface area contributed by atoms with Crippen molar-refractivity contribution in [3.8, 4) is 0 Å². The van der Waals surface area contributed by atoms with Crippen molar-refractivity contribution in [2.24, 2.45) is 5.92 Å². The predicted molar refractivity (Wildman–Crippen MR) is 61.7 cm³/mol. The highest BCUT2D eigenvalue weighted by molar-refractivity contribution is 4.20. The van der Waals surface area contributed by atoms with Gasteiger partial charge in [-0.3, -0.25) is 0 Å². The fourth-order valence-corrected chi connectivity index (χ4v) is 0. The van der Waals surface area contributed by atoms with E-state index in [1.807, 2.05) is 0 Å². The summed E-state index contributed by atoms with van der Waals surface area (Å²) >= 11 is 0. The Morgan fingerprint density at radius 1 is 0.583 bits per heavy atom. The lowest BCUT2D eigenvalue weighted by atomic mass is 10.3. The lowest BCUT2D eigenvalue weighted by molar-refractivity contribution is 0.737. The van der Waals surface area contributed by atoms with Crippen molar-refractivity contribution >= 4 is 0 Å². The number of unbranched alkanes of at least 4 members (excludes halogenated alkanes) is 2. The number of hydrogen-bond acceptors (Lipinski definition) is 0. The Balaban J connectivity index is -0.000000101. The molecule has 0 heteroatoms. The van der Waals surface area contributed by atoms with E-state index in [0.717, 1.165) is 5.92 Å². The number of hydrogen-bond donors (Lipinski definition) is 0. The van der Waals surface area contributed by atoms with Gasteiger partial charge in [0.1, 0.15) is 0 Å². The van der Waals surface area contributed by atoms with E-state index in [9.17, 15) is 0 Å². The molecule has 0 aromatic carbocycles. The van der Waals surface area contributed by atoms with Crippen molar-refractivity contribution in [2.75, 3.05) is 0 Å². The first-order valence-electron chi connectivity index (χ1n) is 5.56. The molecule has 0 nitrogen and oxygen atoms in total. The summed E-state index contributed by atoms with van der Waals surface area (Å²) in [4.78, 5) is 0. The van der Waals surface area contributed by atoms with Gasteiger partial charge in [0.15, 0.2) is 0 Å². The van der Waals surface area contributed by atoms with Gasteiger partial charge in [-0.25, -0.2) is 0 Å². The van der Waals surface area contributed by atoms with Crippen LogP contribution >= 0.6 is 0 Å². The molecule has 0 spiro atoms. The maximum atomic E-state index is 2.18. The van der Waals surface area contributed by atoms with Crippen molar-refractivity contribution in [3.05, 3.63) is 0 Å². The van der Waals surface area contributed by atoms with Gasteiger partial charge in [0.05, 0.1) is 0 Å². The van der Waals surface area contributed by atoms with Crippen LogP contribution in [0.25, 0.3) is 0 Å². The Morgan fingerprint density at radius 3 is 0.667 bits per heavy atom. The van der Waals surface area contributed by atoms with Crippen molar-refractivity contribution in [1.29, 1.82) is 0 Å². The standard InChI is InChI=1S/3C4H10/c1-4(2)3;2*1-3-4-2/h4H,1-3H3;2*3-4H2,1-2H3. The lowest BCUT2D eigenvalue weighted by Gasteiger charge is -1.79. The fraction of sp³-hybridized carbons (Fsp3) is 1.00. The summed E-state index contributed by atoms with van der Waals surface area (Å²) in [7, 11) is 0. The van der Waals surface area contributed by atoms with Gasteiger partial charge in [0.2, 0.25) is 0 Å². The van der Waals surface area contributed by atoms with Crippen molar-refractivity contribution in [2.45, 2.75) is 74.1 Å². The first-order chi connectivity index (χ1) is 5.56. The van der Waals surface area contributed by atoms with E-state index >= 15 is 0 Å². The van der Waals surface area contributed by atoms with E-state index in [4.69, 9.17) is 0 Å². The minimum atomic E-state index is 0.833. The molecule has 78 valence electrons. The summed E-state index contributed by atoms with van der Waals surface area (Å²) < 4.78 is 0. The van der Waals surface area contributed by atoms with E-state index < -0.39 is 0 Å².